The normalized spacial score (nSPS) is 15.0. The lowest BCUT2D eigenvalue weighted by molar-refractivity contribution is -0.137. The molecule has 2 N–H and O–H groups in total. The summed E-state index contributed by atoms with van der Waals surface area (Å²) in [6.45, 7) is 0. The molecule has 1 fully saturated rings. The van der Waals surface area contributed by atoms with E-state index in [-0.39, 0.29) is 6.04 Å². The lowest BCUT2D eigenvalue weighted by Crippen LogP contribution is -2.04. The summed E-state index contributed by atoms with van der Waals surface area (Å²) in [4.78, 5) is 7.67. The van der Waals surface area contributed by atoms with Gasteiger partial charge >= 0.3 is 6.18 Å². The molecule has 0 radical (unpaired) electrons. The monoisotopic (exact) mass is 434 g/mol. The van der Waals surface area contributed by atoms with Gasteiger partial charge in [-0.25, -0.2) is 4.98 Å². The molecule has 2 aromatic carbocycles. The lowest BCUT2D eigenvalue weighted by atomic mass is 10.2. The maximum Gasteiger partial charge on any atom is 0.416 e. The summed E-state index contributed by atoms with van der Waals surface area (Å²) in [5, 5.41) is 4.29. The number of nitrogens with one attached hydrogen (secondary N) is 2. The number of fused-ring (bicyclic) bond motifs is 2. The molecule has 5 rings (SSSR count). The highest BCUT2D eigenvalue weighted by atomic mass is 79.9. The first-order valence-electron chi connectivity index (χ1n) is 8.53. The highest BCUT2D eigenvalue weighted by Gasteiger charge is 2.33. The largest absolute Gasteiger partial charge is 0.416 e. The van der Waals surface area contributed by atoms with Crippen molar-refractivity contribution in [2.24, 2.45) is 0 Å². The van der Waals surface area contributed by atoms with Crippen molar-refractivity contribution < 1.29 is 13.2 Å². The Kier molecular flexibility index (Phi) is 3.56. The third kappa shape index (κ3) is 2.88. The Hall–Kier alpha value is -2.48. The molecule has 0 spiro atoms. The van der Waals surface area contributed by atoms with Gasteiger partial charge < -0.3 is 14.9 Å². The van der Waals surface area contributed by atoms with Gasteiger partial charge in [0.25, 0.3) is 0 Å². The van der Waals surface area contributed by atoms with Crippen LogP contribution in [0, 0.1) is 0 Å². The number of H-pyrrole nitrogens is 1. The number of hydrogen-bond acceptors (Lipinski definition) is 2. The Balaban J connectivity index is 1.63. The standard InChI is InChI=1S/C19H14BrF3N4/c20-11-2-5-14-13(8-11)16(9-24-14)26-18-25-15-7-10(19(21,22)23)1-6-17(15)27(18)12-3-4-12/h1-2,5-9,12,24H,3-4H2,(H,25,26). The summed E-state index contributed by atoms with van der Waals surface area (Å²) < 4.78 is 42.1. The Bertz CT molecular complexity index is 1170. The van der Waals surface area contributed by atoms with Crippen molar-refractivity contribution in [3.8, 4) is 0 Å². The third-order valence-corrected chi connectivity index (χ3v) is 5.31. The smallest absolute Gasteiger partial charge is 0.359 e. The zero-order chi connectivity index (χ0) is 18.8. The molecule has 27 heavy (non-hydrogen) atoms. The number of imidazole rings is 1. The molecule has 0 saturated heterocycles. The fourth-order valence-corrected chi connectivity index (χ4v) is 3.74. The number of aromatic amines is 1. The van der Waals surface area contributed by atoms with Crippen LogP contribution < -0.4 is 5.32 Å². The number of nitrogens with zero attached hydrogens (tertiary/aromatic N) is 2. The average molecular weight is 435 g/mol. The Morgan fingerprint density at radius 2 is 1.96 bits per heavy atom. The van der Waals surface area contributed by atoms with Gasteiger partial charge in [0.2, 0.25) is 5.95 Å². The van der Waals surface area contributed by atoms with Crippen molar-refractivity contribution in [3.05, 3.63) is 52.6 Å². The van der Waals surface area contributed by atoms with Crippen LogP contribution in [0.5, 0.6) is 0 Å². The summed E-state index contributed by atoms with van der Waals surface area (Å²) >= 11 is 3.47. The minimum atomic E-state index is -4.38. The van der Waals surface area contributed by atoms with Gasteiger partial charge in [0, 0.05) is 27.6 Å². The molecule has 4 aromatic rings. The van der Waals surface area contributed by atoms with Crippen LogP contribution in [0.15, 0.2) is 47.1 Å². The molecule has 0 atom stereocenters. The van der Waals surface area contributed by atoms with E-state index in [1.54, 1.807) is 0 Å². The first-order chi connectivity index (χ1) is 12.9. The van der Waals surface area contributed by atoms with E-state index in [4.69, 9.17) is 0 Å². The van der Waals surface area contributed by atoms with Gasteiger partial charge in [0.1, 0.15) is 0 Å². The highest BCUT2D eigenvalue weighted by Crippen LogP contribution is 2.42. The van der Waals surface area contributed by atoms with Crippen molar-refractivity contribution in [2.45, 2.75) is 25.1 Å². The molecule has 0 bridgehead atoms. The van der Waals surface area contributed by atoms with Gasteiger partial charge in [-0.3, -0.25) is 0 Å². The van der Waals surface area contributed by atoms with Crippen molar-refractivity contribution in [1.82, 2.24) is 14.5 Å². The topological polar surface area (TPSA) is 45.6 Å². The van der Waals surface area contributed by atoms with Gasteiger partial charge in [0.05, 0.1) is 22.3 Å². The summed E-state index contributed by atoms with van der Waals surface area (Å²) in [6.07, 6.45) is -0.537. The van der Waals surface area contributed by atoms with E-state index in [1.807, 2.05) is 29.0 Å². The van der Waals surface area contributed by atoms with Crippen LogP contribution >= 0.6 is 15.9 Å². The number of aromatic nitrogens is 3. The number of anilines is 2. The molecular weight excluding hydrogens is 421 g/mol. The van der Waals surface area contributed by atoms with Crippen molar-refractivity contribution in [2.75, 3.05) is 5.32 Å². The molecule has 2 heterocycles. The molecule has 2 aromatic heterocycles. The molecule has 1 aliphatic carbocycles. The first kappa shape index (κ1) is 16.7. The van der Waals surface area contributed by atoms with E-state index < -0.39 is 11.7 Å². The molecular formula is C19H14BrF3N4. The number of hydrogen-bond donors (Lipinski definition) is 2. The van der Waals surface area contributed by atoms with Gasteiger partial charge in [-0.1, -0.05) is 15.9 Å². The van der Waals surface area contributed by atoms with Crippen LogP contribution in [0.25, 0.3) is 21.9 Å². The molecule has 1 aliphatic rings. The number of rotatable bonds is 3. The SMILES string of the molecule is FC(F)(F)c1ccc2c(c1)nc(Nc1c[nH]c3ccc(Br)cc13)n2C1CC1. The van der Waals surface area contributed by atoms with E-state index in [0.29, 0.717) is 17.0 Å². The third-order valence-electron chi connectivity index (χ3n) is 4.82. The van der Waals surface area contributed by atoms with Crippen molar-refractivity contribution in [1.29, 1.82) is 0 Å². The van der Waals surface area contributed by atoms with Crippen LogP contribution in [0.2, 0.25) is 0 Å². The van der Waals surface area contributed by atoms with Crippen LogP contribution in [0.4, 0.5) is 24.8 Å². The zero-order valence-corrected chi connectivity index (χ0v) is 15.5. The predicted molar refractivity (Wildman–Crippen MR) is 102 cm³/mol. The second-order valence-electron chi connectivity index (χ2n) is 6.76. The van der Waals surface area contributed by atoms with Gasteiger partial charge in [-0.05, 0) is 49.2 Å². The molecule has 1 saturated carbocycles. The summed E-state index contributed by atoms with van der Waals surface area (Å²) in [5.41, 5.74) is 2.18. The van der Waals surface area contributed by atoms with Crippen molar-refractivity contribution >= 4 is 49.5 Å². The Morgan fingerprint density at radius 3 is 2.70 bits per heavy atom. The van der Waals surface area contributed by atoms with E-state index in [2.05, 4.69) is 31.2 Å². The lowest BCUT2D eigenvalue weighted by Gasteiger charge is -2.09. The van der Waals surface area contributed by atoms with Crippen molar-refractivity contribution in [3.63, 3.8) is 0 Å². The maximum absolute atomic E-state index is 13.1. The van der Waals surface area contributed by atoms with Gasteiger partial charge in [-0.2, -0.15) is 13.2 Å². The van der Waals surface area contributed by atoms with Crippen LogP contribution in [-0.2, 0) is 6.18 Å². The maximum atomic E-state index is 13.1. The number of alkyl halides is 3. The van der Waals surface area contributed by atoms with Crippen LogP contribution in [0.3, 0.4) is 0 Å². The zero-order valence-electron chi connectivity index (χ0n) is 13.9. The second-order valence-corrected chi connectivity index (χ2v) is 7.67. The quantitative estimate of drug-likeness (QED) is 0.393. The Labute approximate surface area is 160 Å². The molecule has 138 valence electrons. The summed E-state index contributed by atoms with van der Waals surface area (Å²) in [7, 11) is 0. The van der Waals surface area contributed by atoms with Crippen LogP contribution in [-0.4, -0.2) is 14.5 Å². The minimum absolute atomic E-state index is 0.270. The molecule has 0 aliphatic heterocycles. The summed E-state index contributed by atoms with van der Waals surface area (Å²) in [6, 6.07) is 9.91. The molecule has 8 heteroatoms. The summed E-state index contributed by atoms with van der Waals surface area (Å²) in [5.74, 6) is 0.563. The number of benzene rings is 2. The van der Waals surface area contributed by atoms with Gasteiger partial charge in [0.15, 0.2) is 0 Å². The highest BCUT2D eigenvalue weighted by molar-refractivity contribution is 9.10. The van der Waals surface area contributed by atoms with Crippen LogP contribution in [0.1, 0.15) is 24.4 Å². The van der Waals surface area contributed by atoms with E-state index >= 15 is 0 Å². The van der Waals surface area contributed by atoms with E-state index in [9.17, 15) is 13.2 Å². The van der Waals surface area contributed by atoms with Gasteiger partial charge in [-0.15, -0.1) is 0 Å². The predicted octanol–water partition coefficient (Wildman–Crippen LogP) is 6.38. The molecule has 0 unspecified atom stereocenters. The first-order valence-corrected chi connectivity index (χ1v) is 9.32. The molecule has 4 nitrogen and oxygen atoms in total. The fourth-order valence-electron chi connectivity index (χ4n) is 3.38. The fraction of sp³-hybridized carbons (Fsp3) is 0.211. The molecule has 0 amide bonds. The minimum Gasteiger partial charge on any atom is -0.359 e. The number of halogens is 4. The Morgan fingerprint density at radius 1 is 1.15 bits per heavy atom. The van der Waals surface area contributed by atoms with E-state index in [1.165, 1.54) is 6.07 Å². The second kappa shape index (κ2) is 5.76. The average Bonchev–Trinajstić information content (AvgIpc) is 3.28. The van der Waals surface area contributed by atoms with E-state index in [0.717, 1.165) is 46.0 Å².